The minimum atomic E-state index is -0.913. The van der Waals surface area contributed by atoms with E-state index in [2.05, 4.69) is 11.1 Å². The van der Waals surface area contributed by atoms with Crippen molar-refractivity contribution in [3.8, 4) is 11.5 Å². The minimum absolute atomic E-state index is 0.463. The Balaban J connectivity index is 1.63. The number of nitrogens with zero attached hydrogens (tertiary/aromatic N) is 1. The summed E-state index contributed by atoms with van der Waals surface area (Å²) in [7, 11) is -0.913. The van der Waals surface area contributed by atoms with Crippen molar-refractivity contribution in [3.05, 3.63) is 50.7 Å². The average molecular weight is 337 g/mol. The molecule has 0 aliphatic rings. The minimum Gasteiger partial charge on any atom is -0.441 e. The predicted octanol–water partition coefficient (Wildman–Crippen LogP) is 4.26. The molecule has 0 aliphatic carbocycles. The molecule has 3 aromatic rings. The van der Waals surface area contributed by atoms with Gasteiger partial charge in [-0.1, -0.05) is 6.07 Å². The van der Waals surface area contributed by atoms with Crippen LogP contribution < -0.4 is 0 Å². The summed E-state index contributed by atoms with van der Waals surface area (Å²) in [4.78, 5) is 5.76. The predicted molar refractivity (Wildman–Crippen MR) is 89.3 cm³/mol. The van der Waals surface area contributed by atoms with Crippen LogP contribution in [0.3, 0.4) is 0 Å². The molecule has 6 heteroatoms. The summed E-state index contributed by atoms with van der Waals surface area (Å²) in [6, 6.07) is 6.09. The zero-order chi connectivity index (χ0) is 14.7. The van der Waals surface area contributed by atoms with Crippen molar-refractivity contribution in [3.63, 3.8) is 0 Å². The molecule has 0 bridgehead atoms. The van der Waals surface area contributed by atoms with Crippen LogP contribution in [0, 0.1) is 6.92 Å². The molecule has 0 spiro atoms. The molecule has 0 radical (unpaired) electrons. The maximum atomic E-state index is 12.2. The van der Waals surface area contributed by atoms with Crippen molar-refractivity contribution in [1.82, 2.24) is 4.98 Å². The first kappa shape index (κ1) is 14.7. The molecule has 0 aromatic carbocycles. The van der Waals surface area contributed by atoms with E-state index in [9.17, 15) is 4.21 Å². The van der Waals surface area contributed by atoms with E-state index in [-0.39, 0.29) is 0 Å². The van der Waals surface area contributed by atoms with Gasteiger partial charge in [-0.3, -0.25) is 4.21 Å². The van der Waals surface area contributed by atoms with Gasteiger partial charge in [0, 0.05) is 32.4 Å². The fourth-order valence-corrected chi connectivity index (χ4v) is 4.60. The molecule has 3 heterocycles. The number of aromatic nitrogens is 1. The van der Waals surface area contributed by atoms with Crippen LogP contribution in [-0.4, -0.2) is 14.9 Å². The molecular formula is C15H15NO2S3. The first-order chi connectivity index (χ1) is 10.2. The van der Waals surface area contributed by atoms with E-state index in [1.807, 2.05) is 35.2 Å². The Morgan fingerprint density at radius 1 is 1.33 bits per heavy atom. The number of thiophene rings is 2. The highest BCUT2D eigenvalue weighted by molar-refractivity contribution is 7.84. The molecule has 0 amide bonds. The molecule has 0 unspecified atom stereocenters. The zero-order valence-electron chi connectivity index (χ0n) is 11.6. The molecular weight excluding hydrogens is 322 g/mol. The SMILES string of the molecule is Cc1oc(-c2ccsc2)nc1C[S@@](=O)CCc1cccs1. The van der Waals surface area contributed by atoms with Gasteiger partial charge in [0.25, 0.3) is 0 Å². The molecule has 1 atom stereocenters. The van der Waals surface area contributed by atoms with E-state index in [4.69, 9.17) is 4.42 Å². The third-order valence-corrected chi connectivity index (χ3v) is 5.99. The highest BCUT2D eigenvalue weighted by Crippen LogP contribution is 2.24. The van der Waals surface area contributed by atoms with Crippen molar-refractivity contribution in [1.29, 1.82) is 0 Å². The maximum absolute atomic E-state index is 12.2. The molecule has 0 saturated carbocycles. The van der Waals surface area contributed by atoms with E-state index in [1.54, 1.807) is 22.7 Å². The third kappa shape index (κ3) is 3.70. The fourth-order valence-electron chi connectivity index (χ4n) is 1.97. The molecule has 3 rings (SSSR count). The lowest BCUT2D eigenvalue weighted by molar-refractivity contribution is 0.540. The quantitative estimate of drug-likeness (QED) is 0.675. The van der Waals surface area contributed by atoms with E-state index in [0.29, 0.717) is 17.4 Å². The van der Waals surface area contributed by atoms with Gasteiger partial charge in [0.2, 0.25) is 5.89 Å². The molecule has 0 N–H and O–H groups in total. The summed E-state index contributed by atoms with van der Waals surface area (Å²) < 4.78 is 17.9. The summed E-state index contributed by atoms with van der Waals surface area (Å²) in [5, 5.41) is 6.05. The Bertz CT molecular complexity index is 714. The van der Waals surface area contributed by atoms with E-state index >= 15 is 0 Å². The smallest absolute Gasteiger partial charge is 0.227 e. The Morgan fingerprint density at radius 3 is 2.95 bits per heavy atom. The van der Waals surface area contributed by atoms with Crippen LogP contribution >= 0.6 is 22.7 Å². The lowest BCUT2D eigenvalue weighted by Gasteiger charge is -1.99. The van der Waals surface area contributed by atoms with Gasteiger partial charge in [-0.15, -0.1) is 11.3 Å². The van der Waals surface area contributed by atoms with Gasteiger partial charge >= 0.3 is 0 Å². The second-order valence-corrected chi connectivity index (χ2v) is 8.04. The molecule has 0 aliphatic heterocycles. The van der Waals surface area contributed by atoms with Gasteiger partial charge < -0.3 is 4.42 Å². The number of hydrogen-bond acceptors (Lipinski definition) is 5. The number of oxazole rings is 1. The van der Waals surface area contributed by atoms with E-state index in [0.717, 1.165) is 23.4 Å². The number of hydrogen-bond donors (Lipinski definition) is 0. The number of rotatable bonds is 6. The lowest BCUT2D eigenvalue weighted by atomic mass is 10.3. The Labute approximate surface area is 134 Å². The van der Waals surface area contributed by atoms with Crippen molar-refractivity contribution >= 4 is 33.5 Å². The number of aryl methyl sites for hydroxylation is 2. The Kier molecular flexibility index (Phi) is 4.67. The van der Waals surface area contributed by atoms with E-state index < -0.39 is 10.8 Å². The molecule has 110 valence electrons. The van der Waals surface area contributed by atoms with Crippen molar-refractivity contribution in [2.45, 2.75) is 19.1 Å². The van der Waals surface area contributed by atoms with Crippen LogP contribution in [0.1, 0.15) is 16.3 Å². The first-order valence-corrected chi connectivity index (χ1v) is 9.89. The molecule has 21 heavy (non-hydrogen) atoms. The Hall–Kier alpha value is -1.24. The van der Waals surface area contributed by atoms with Crippen LogP contribution in [-0.2, 0) is 23.0 Å². The van der Waals surface area contributed by atoms with Gasteiger partial charge in [-0.25, -0.2) is 4.98 Å². The molecule has 0 saturated heterocycles. The van der Waals surface area contributed by atoms with Crippen molar-refractivity contribution in [2.75, 3.05) is 5.75 Å². The Morgan fingerprint density at radius 2 is 2.24 bits per heavy atom. The lowest BCUT2D eigenvalue weighted by Crippen LogP contribution is -2.04. The average Bonchev–Trinajstić information content (AvgIpc) is 3.18. The normalized spacial score (nSPS) is 12.6. The van der Waals surface area contributed by atoms with Crippen LogP contribution in [0.25, 0.3) is 11.5 Å². The summed E-state index contributed by atoms with van der Waals surface area (Å²) in [5.74, 6) is 2.52. The summed E-state index contributed by atoms with van der Waals surface area (Å²) >= 11 is 3.32. The standard InChI is InChI=1S/C15H15NO2S3/c1-11-14(16-15(18-11)12-4-7-19-9-12)10-21(17)8-5-13-3-2-6-20-13/h2-4,6-7,9H,5,8,10H2,1H3/t21-/m0/s1. The largest absolute Gasteiger partial charge is 0.441 e. The molecule has 0 fully saturated rings. The zero-order valence-corrected chi connectivity index (χ0v) is 14.0. The molecule has 3 aromatic heterocycles. The van der Waals surface area contributed by atoms with Gasteiger partial charge in [0.15, 0.2) is 0 Å². The maximum Gasteiger partial charge on any atom is 0.227 e. The van der Waals surface area contributed by atoms with Crippen LogP contribution in [0.5, 0.6) is 0 Å². The second-order valence-electron chi connectivity index (χ2n) is 4.65. The van der Waals surface area contributed by atoms with Crippen molar-refractivity contribution < 1.29 is 8.63 Å². The summed E-state index contributed by atoms with van der Waals surface area (Å²) in [5.41, 5.74) is 1.79. The fraction of sp³-hybridized carbons (Fsp3) is 0.267. The topological polar surface area (TPSA) is 43.1 Å². The van der Waals surface area contributed by atoms with Gasteiger partial charge in [-0.2, -0.15) is 11.3 Å². The third-order valence-electron chi connectivity index (χ3n) is 3.11. The van der Waals surface area contributed by atoms with Crippen LogP contribution in [0.2, 0.25) is 0 Å². The van der Waals surface area contributed by atoms with Gasteiger partial charge in [0.05, 0.1) is 11.4 Å². The van der Waals surface area contributed by atoms with Crippen molar-refractivity contribution in [2.24, 2.45) is 0 Å². The summed E-state index contributed by atoms with van der Waals surface area (Å²) in [6.07, 6.45) is 0.860. The summed E-state index contributed by atoms with van der Waals surface area (Å²) in [6.45, 7) is 1.88. The van der Waals surface area contributed by atoms with Crippen LogP contribution in [0.4, 0.5) is 0 Å². The van der Waals surface area contributed by atoms with Crippen LogP contribution in [0.15, 0.2) is 38.8 Å². The molecule has 3 nitrogen and oxygen atoms in total. The van der Waals surface area contributed by atoms with Gasteiger partial charge in [0.1, 0.15) is 5.76 Å². The van der Waals surface area contributed by atoms with E-state index in [1.165, 1.54) is 4.88 Å². The highest BCUT2D eigenvalue weighted by atomic mass is 32.2. The monoisotopic (exact) mass is 337 g/mol. The highest BCUT2D eigenvalue weighted by Gasteiger charge is 2.14. The van der Waals surface area contributed by atoms with Gasteiger partial charge in [-0.05, 0) is 36.2 Å². The second kappa shape index (κ2) is 6.68. The first-order valence-electron chi connectivity index (χ1n) is 6.58.